The largest absolute Gasteiger partial charge is 0.358 e. The highest BCUT2D eigenvalue weighted by Crippen LogP contribution is 2.38. The molecule has 2 aliphatic carbocycles. The van der Waals surface area contributed by atoms with Crippen molar-refractivity contribution in [1.29, 1.82) is 0 Å². The Morgan fingerprint density at radius 2 is 2.27 bits per heavy atom. The third-order valence-corrected chi connectivity index (χ3v) is 4.27. The molecule has 1 fully saturated rings. The van der Waals surface area contributed by atoms with Crippen LogP contribution in [0.25, 0.3) is 0 Å². The topological polar surface area (TPSA) is 79.6 Å². The monoisotopic (exact) mass is 316 g/mol. The summed E-state index contributed by atoms with van der Waals surface area (Å²) in [4.78, 5) is 10.3. The van der Waals surface area contributed by atoms with Crippen LogP contribution in [0.5, 0.6) is 0 Å². The summed E-state index contributed by atoms with van der Waals surface area (Å²) in [6.07, 6.45) is 8.36. The van der Waals surface area contributed by atoms with Crippen molar-refractivity contribution in [3.8, 4) is 0 Å². The number of hydrazone groups is 1. The average Bonchev–Trinajstić information content (AvgIpc) is 3.10. The number of hydrogen-bond acceptors (Lipinski definition) is 4. The van der Waals surface area contributed by atoms with E-state index in [2.05, 4.69) is 28.0 Å². The molecule has 2 bridgehead atoms. The highest BCUT2D eigenvalue weighted by molar-refractivity contribution is 7.80. The molecule has 2 aliphatic rings. The number of non-ortho nitro benzene ring substituents is 1. The van der Waals surface area contributed by atoms with E-state index in [0.29, 0.717) is 28.6 Å². The van der Waals surface area contributed by atoms with E-state index < -0.39 is 4.92 Å². The van der Waals surface area contributed by atoms with Crippen molar-refractivity contribution in [2.45, 2.75) is 18.9 Å². The fourth-order valence-electron chi connectivity index (χ4n) is 3.03. The third-order valence-electron chi connectivity index (χ3n) is 4.06. The third kappa shape index (κ3) is 3.30. The number of nitrogens with one attached hydrogen (secondary N) is 2. The maximum absolute atomic E-state index is 10.7. The van der Waals surface area contributed by atoms with Crippen LogP contribution in [0.2, 0.25) is 0 Å². The smallest absolute Gasteiger partial charge is 0.270 e. The van der Waals surface area contributed by atoms with E-state index in [4.69, 9.17) is 12.2 Å². The first kappa shape index (κ1) is 14.6. The Balaban J connectivity index is 1.51. The molecule has 7 heteroatoms. The number of nitro groups is 1. The van der Waals surface area contributed by atoms with Gasteiger partial charge in [-0.05, 0) is 36.9 Å². The highest BCUT2D eigenvalue weighted by Gasteiger charge is 2.35. The molecular weight excluding hydrogens is 300 g/mol. The van der Waals surface area contributed by atoms with Gasteiger partial charge in [-0.1, -0.05) is 24.3 Å². The summed E-state index contributed by atoms with van der Waals surface area (Å²) >= 11 is 5.22. The van der Waals surface area contributed by atoms with Crippen LogP contribution in [0.3, 0.4) is 0 Å². The summed E-state index contributed by atoms with van der Waals surface area (Å²) in [6.45, 7) is 0. The van der Waals surface area contributed by atoms with Crippen LogP contribution in [0.4, 0.5) is 5.69 Å². The summed E-state index contributed by atoms with van der Waals surface area (Å²) in [5.41, 5.74) is 3.45. The Hall–Kier alpha value is -2.28. The summed E-state index contributed by atoms with van der Waals surface area (Å²) in [5, 5.41) is 18.5. The molecule has 2 N–H and O–H groups in total. The molecule has 6 nitrogen and oxygen atoms in total. The lowest BCUT2D eigenvalue weighted by molar-refractivity contribution is -0.384. The van der Waals surface area contributed by atoms with E-state index in [1.54, 1.807) is 12.1 Å². The molecule has 0 spiro atoms. The van der Waals surface area contributed by atoms with Gasteiger partial charge in [0.05, 0.1) is 11.1 Å². The van der Waals surface area contributed by atoms with Crippen LogP contribution >= 0.6 is 12.2 Å². The molecule has 1 aromatic carbocycles. The predicted molar refractivity (Wildman–Crippen MR) is 88.7 cm³/mol. The summed E-state index contributed by atoms with van der Waals surface area (Å²) < 4.78 is 0. The number of nitro benzene ring substituents is 1. The fraction of sp³-hybridized carbons (Fsp3) is 0.333. The van der Waals surface area contributed by atoms with Crippen molar-refractivity contribution in [2.24, 2.45) is 16.9 Å². The lowest BCUT2D eigenvalue weighted by atomic mass is 10.0. The maximum atomic E-state index is 10.7. The number of hydrogen-bond donors (Lipinski definition) is 2. The molecule has 3 atom stereocenters. The van der Waals surface area contributed by atoms with Crippen molar-refractivity contribution in [3.05, 3.63) is 52.1 Å². The Labute approximate surface area is 133 Å². The van der Waals surface area contributed by atoms with Crippen LogP contribution in [-0.4, -0.2) is 22.3 Å². The quantitative estimate of drug-likeness (QED) is 0.293. The normalized spacial score (nSPS) is 25.5. The molecule has 0 amide bonds. The molecule has 3 unspecified atom stereocenters. The van der Waals surface area contributed by atoms with Crippen molar-refractivity contribution >= 4 is 29.2 Å². The van der Waals surface area contributed by atoms with E-state index in [-0.39, 0.29) is 5.69 Å². The maximum Gasteiger partial charge on any atom is 0.270 e. The van der Waals surface area contributed by atoms with E-state index >= 15 is 0 Å². The van der Waals surface area contributed by atoms with Gasteiger partial charge in [0.1, 0.15) is 0 Å². The molecule has 1 aromatic rings. The van der Waals surface area contributed by atoms with Gasteiger partial charge in [0.15, 0.2) is 5.11 Å². The average molecular weight is 316 g/mol. The Bertz CT molecular complexity index is 659. The molecule has 0 heterocycles. The van der Waals surface area contributed by atoms with E-state index in [1.165, 1.54) is 24.8 Å². The molecule has 3 rings (SSSR count). The summed E-state index contributed by atoms with van der Waals surface area (Å²) in [6, 6.07) is 6.65. The zero-order valence-electron chi connectivity index (χ0n) is 11.8. The summed E-state index contributed by atoms with van der Waals surface area (Å²) in [7, 11) is 0. The number of allylic oxidation sites excluding steroid dienone is 1. The van der Waals surface area contributed by atoms with Gasteiger partial charge in [-0.15, -0.1) is 0 Å². The SMILES string of the molecule is O=[N+]([O-])c1cccc(/C=N\NC(=S)NC2CC3C=CC2C3)c1. The van der Waals surface area contributed by atoms with Crippen molar-refractivity contribution in [3.63, 3.8) is 0 Å². The number of nitrogens with zero attached hydrogens (tertiary/aromatic N) is 2. The molecular formula is C15H16N4O2S. The van der Waals surface area contributed by atoms with Crippen LogP contribution in [-0.2, 0) is 0 Å². The van der Waals surface area contributed by atoms with Gasteiger partial charge < -0.3 is 5.32 Å². The Morgan fingerprint density at radius 1 is 1.41 bits per heavy atom. The molecule has 0 radical (unpaired) electrons. The van der Waals surface area contributed by atoms with Gasteiger partial charge >= 0.3 is 0 Å². The van der Waals surface area contributed by atoms with Gasteiger partial charge in [0.2, 0.25) is 0 Å². The minimum Gasteiger partial charge on any atom is -0.358 e. The first-order chi connectivity index (χ1) is 10.6. The Kier molecular flexibility index (Phi) is 4.15. The second-order valence-corrected chi connectivity index (χ2v) is 5.99. The van der Waals surface area contributed by atoms with Gasteiger partial charge in [0.25, 0.3) is 5.69 Å². The van der Waals surface area contributed by atoms with Gasteiger partial charge in [-0.3, -0.25) is 15.5 Å². The van der Waals surface area contributed by atoms with E-state index in [1.807, 2.05) is 0 Å². The molecule has 0 aromatic heterocycles. The number of benzene rings is 1. The molecule has 22 heavy (non-hydrogen) atoms. The lowest BCUT2D eigenvalue weighted by Gasteiger charge is -2.20. The molecule has 1 saturated carbocycles. The van der Waals surface area contributed by atoms with Crippen LogP contribution in [0.1, 0.15) is 18.4 Å². The van der Waals surface area contributed by atoms with Gasteiger partial charge in [0, 0.05) is 23.7 Å². The Morgan fingerprint density at radius 3 is 2.95 bits per heavy atom. The number of rotatable bonds is 4. The van der Waals surface area contributed by atoms with Crippen molar-refractivity contribution < 1.29 is 4.92 Å². The minimum absolute atomic E-state index is 0.0402. The van der Waals surface area contributed by atoms with Crippen molar-refractivity contribution in [2.75, 3.05) is 0 Å². The minimum atomic E-state index is -0.431. The van der Waals surface area contributed by atoms with Crippen LogP contribution < -0.4 is 10.7 Å². The molecule has 114 valence electrons. The zero-order valence-corrected chi connectivity index (χ0v) is 12.6. The summed E-state index contributed by atoms with van der Waals surface area (Å²) in [5.74, 6) is 1.24. The number of thiocarbonyl (C=S) groups is 1. The fourth-order valence-corrected chi connectivity index (χ4v) is 3.24. The second kappa shape index (κ2) is 6.23. The molecule has 0 aliphatic heterocycles. The first-order valence-corrected chi connectivity index (χ1v) is 7.55. The number of fused-ring (bicyclic) bond motifs is 2. The molecule has 0 saturated heterocycles. The first-order valence-electron chi connectivity index (χ1n) is 7.14. The van der Waals surface area contributed by atoms with Crippen LogP contribution in [0.15, 0.2) is 41.5 Å². The van der Waals surface area contributed by atoms with Crippen LogP contribution in [0, 0.1) is 22.0 Å². The lowest BCUT2D eigenvalue weighted by Crippen LogP contribution is -2.42. The zero-order chi connectivity index (χ0) is 15.5. The highest BCUT2D eigenvalue weighted by atomic mass is 32.1. The van der Waals surface area contributed by atoms with Gasteiger partial charge in [-0.2, -0.15) is 5.10 Å². The van der Waals surface area contributed by atoms with Crippen molar-refractivity contribution in [1.82, 2.24) is 10.7 Å². The predicted octanol–water partition coefficient (Wildman–Crippen LogP) is 2.36. The van der Waals surface area contributed by atoms with Gasteiger partial charge in [-0.25, -0.2) is 0 Å². The standard InChI is InChI=1S/C15H16N4O2S/c20-19(21)13-3-1-2-11(7-13)9-16-18-15(22)17-14-8-10-4-5-12(14)6-10/h1-5,7,9-10,12,14H,6,8H2,(H2,17,18,22)/b16-9-. The van der Waals surface area contributed by atoms with E-state index in [0.717, 1.165) is 6.42 Å². The van der Waals surface area contributed by atoms with E-state index in [9.17, 15) is 10.1 Å². The second-order valence-electron chi connectivity index (χ2n) is 5.58.